The molecule has 3 heterocycles. The van der Waals surface area contributed by atoms with Crippen LogP contribution in [0.15, 0.2) is 58.7 Å². The first-order valence-electron chi connectivity index (χ1n) is 11.3. The highest BCUT2D eigenvalue weighted by molar-refractivity contribution is 6.31. The quantitative estimate of drug-likeness (QED) is 0.422. The van der Waals surface area contributed by atoms with Crippen LogP contribution in [0.2, 0.25) is 0 Å². The van der Waals surface area contributed by atoms with Crippen molar-refractivity contribution in [2.24, 2.45) is 0 Å². The third-order valence-electron chi connectivity index (χ3n) is 6.09. The summed E-state index contributed by atoms with van der Waals surface area (Å²) < 4.78 is 7.33. The van der Waals surface area contributed by atoms with Crippen molar-refractivity contribution < 1.29 is 18.8 Å². The van der Waals surface area contributed by atoms with E-state index in [1.807, 2.05) is 19.9 Å². The van der Waals surface area contributed by atoms with Gasteiger partial charge in [0.15, 0.2) is 0 Å². The number of urea groups is 1. The molecule has 0 atom stereocenters. The number of nitrogens with one attached hydrogen (secondary N) is 1. The zero-order valence-corrected chi connectivity index (χ0v) is 19.8. The zero-order chi connectivity index (χ0) is 24.4. The molecule has 8 nitrogen and oxygen atoms in total. The van der Waals surface area contributed by atoms with Crippen LogP contribution in [0.5, 0.6) is 0 Å². The first-order chi connectivity index (χ1) is 16.3. The van der Waals surface area contributed by atoms with Crippen LogP contribution >= 0.6 is 0 Å². The molecule has 0 unspecified atom stereocenters. The monoisotopic (exact) mass is 460 g/mol. The average molecular weight is 461 g/mol. The maximum absolute atomic E-state index is 13.0. The molecular formula is C26H28N4O4. The van der Waals surface area contributed by atoms with Gasteiger partial charge in [-0.2, -0.15) is 0 Å². The largest absolute Gasteiger partial charge is 0.467 e. The van der Waals surface area contributed by atoms with Crippen LogP contribution in [0.25, 0.3) is 11.8 Å². The van der Waals surface area contributed by atoms with Gasteiger partial charge in [-0.1, -0.05) is 0 Å². The Bertz CT molecular complexity index is 1250. The number of furan rings is 1. The van der Waals surface area contributed by atoms with Gasteiger partial charge in [-0.05, 0) is 81.8 Å². The topological polar surface area (TPSA) is 87.8 Å². The Morgan fingerprint density at radius 1 is 1.03 bits per heavy atom. The van der Waals surface area contributed by atoms with Crippen LogP contribution in [0.1, 0.15) is 36.6 Å². The number of anilines is 1. The van der Waals surface area contributed by atoms with Gasteiger partial charge in [0.2, 0.25) is 0 Å². The molecule has 0 spiro atoms. The molecule has 3 aromatic rings. The summed E-state index contributed by atoms with van der Waals surface area (Å²) in [5.41, 5.74) is 4.64. The van der Waals surface area contributed by atoms with E-state index in [9.17, 15) is 14.4 Å². The second kappa shape index (κ2) is 9.43. The number of carbonyl (C=O) groups excluding carboxylic acids is 3. The molecule has 1 saturated heterocycles. The van der Waals surface area contributed by atoms with Crippen molar-refractivity contribution in [1.82, 2.24) is 14.8 Å². The van der Waals surface area contributed by atoms with Gasteiger partial charge in [-0.3, -0.25) is 19.8 Å². The first kappa shape index (κ1) is 23.1. The van der Waals surface area contributed by atoms with Crippen molar-refractivity contribution in [1.29, 1.82) is 0 Å². The highest BCUT2D eigenvalue weighted by atomic mass is 16.3. The van der Waals surface area contributed by atoms with E-state index in [1.54, 1.807) is 18.2 Å². The normalized spacial score (nSPS) is 15.2. The third kappa shape index (κ3) is 4.26. The van der Waals surface area contributed by atoms with E-state index in [4.69, 9.17) is 4.42 Å². The number of barbiturate groups is 1. The number of imide groups is 2. The molecule has 0 saturated carbocycles. The summed E-state index contributed by atoms with van der Waals surface area (Å²) in [6, 6.07) is 12.8. The number of aryl methyl sites for hydroxylation is 1. The third-order valence-corrected chi connectivity index (χ3v) is 6.09. The lowest BCUT2D eigenvalue weighted by molar-refractivity contribution is -0.130. The maximum Gasteiger partial charge on any atom is 0.331 e. The van der Waals surface area contributed by atoms with E-state index < -0.39 is 17.8 Å². The summed E-state index contributed by atoms with van der Waals surface area (Å²) in [6.45, 7) is 9.99. The predicted molar refractivity (Wildman–Crippen MR) is 130 cm³/mol. The van der Waals surface area contributed by atoms with Gasteiger partial charge in [0.1, 0.15) is 11.3 Å². The van der Waals surface area contributed by atoms with E-state index in [-0.39, 0.29) is 12.1 Å². The number of amides is 4. The number of rotatable bonds is 7. The SMILES string of the molecule is CCN(CC)c1ccc(-n2c(C)cc(/C=C3\C(=O)NC(=O)N(Cc4ccco4)C3=O)c2C)cc1. The van der Waals surface area contributed by atoms with Gasteiger partial charge in [-0.15, -0.1) is 0 Å². The number of hydrogen-bond donors (Lipinski definition) is 1. The number of hydrogen-bond acceptors (Lipinski definition) is 5. The molecule has 4 amide bonds. The van der Waals surface area contributed by atoms with Crippen LogP contribution in [0, 0.1) is 13.8 Å². The number of carbonyl (C=O) groups is 3. The Kier molecular flexibility index (Phi) is 6.40. The summed E-state index contributed by atoms with van der Waals surface area (Å²) >= 11 is 0. The van der Waals surface area contributed by atoms with Gasteiger partial charge in [0.05, 0.1) is 12.8 Å². The van der Waals surface area contributed by atoms with E-state index in [2.05, 4.69) is 52.9 Å². The molecule has 34 heavy (non-hydrogen) atoms. The fourth-order valence-corrected chi connectivity index (χ4v) is 4.28. The summed E-state index contributed by atoms with van der Waals surface area (Å²) in [5.74, 6) is -0.916. The van der Waals surface area contributed by atoms with Crippen molar-refractivity contribution in [3.8, 4) is 5.69 Å². The van der Waals surface area contributed by atoms with Crippen LogP contribution in [0.4, 0.5) is 10.5 Å². The minimum absolute atomic E-state index is 0.0554. The van der Waals surface area contributed by atoms with E-state index in [1.165, 1.54) is 6.26 Å². The van der Waals surface area contributed by atoms with Gasteiger partial charge < -0.3 is 13.9 Å². The van der Waals surface area contributed by atoms with Gasteiger partial charge >= 0.3 is 6.03 Å². The van der Waals surface area contributed by atoms with Crippen molar-refractivity contribution in [2.45, 2.75) is 34.2 Å². The lowest BCUT2D eigenvalue weighted by Gasteiger charge is -2.25. The molecule has 1 fully saturated rings. The number of nitrogens with zero attached hydrogens (tertiary/aromatic N) is 3. The van der Waals surface area contributed by atoms with Crippen LogP contribution in [0.3, 0.4) is 0 Å². The zero-order valence-electron chi connectivity index (χ0n) is 19.8. The smallest absolute Gasteiger partial charge is 0.331 e. The second-order valence-corrected chi connectivity index (χ2v) is 8.14. The Labute approximate surface area is 198 Å². The molecule has 4 rings (SSSR count). The van der Waals surface area contributed by atoms with E-state index in [0.717, 1.165) is 46.3 Å². The standard InChI is InChI=1S/C26H28N4O4/c1-5-28(6-2)20-9-11-21(12-10-20)30-17(3)14-19(18(30)4)15-23-24(31)27-26(33)29(25(23)32)16-22-8-7-13-34-22/h7-15H,5-6,16H2,1-4H3,(H,27,31,33)/b23-15+. The molecule has 1 N–H and O–H groups in total. The molecule has 2 aromatic heterocycles. The van der Waals surface area contributed by atoms with Gasteiger partial charge in [-0.25, -0.2) is 4.79 Å². The highest BCUT2D eigenvalue weighted by Crippen LogP contribution is 2.26. The Morgan fingerprint density at radius 2 is 1.74 bits per heavy atom. The maximum atomic E-state index is 13.0. The van der Waals surface area contributed by atoms with Crippen molar-refractivity contribution in [2.75, 3.05) is 18.0 Å². The second-order valence-electron chi connectivity index (χ2n) is 8.14. The first-order valence-corrected chi connectivity index (χ1v) is 11.3. The summed E-state index contributed by atoms with van der Waals surface area (Å²) in [6.07, 6.45) is 3.01. The molecule has 0 bridgehead atoms. The lowest BCUT2D eigenvalue weighted by Crippen LogP contribution is -2.53. The molecule has 0 radical (unpaired) electrons. The Morgan fingerprint density at radius 3 is 2.35 bits per heavy atom. The summed E-state index contributed by atoms with van der Waals surface area (Å²) in [4.78, 5) is 41.1. The fourth-order valence-electron chi connectivity index (χ4n) is 4.28. The average Bonchev–Trinajstić information content (AvgIpc) is 3.43. The van der Waals surface area contributed by atoms with Crippen LogP contribution in [-0.2, 0) is 16.1 Å². The van der Waals surface area contributed by atoms with Crippen molar-refractivity contribution in [3.05, 3.63) is 77.0 Å². The van der Waals surface area contributed by atoms with Crippen LogP contribution in [-0.4, -0.2) is 40.4 Å². The predicted octanol–water partition coefficient (Wildman–Crippen LogP) is 4.20. The Balaban J connectivity index is 1.65. The number of benzene rings is 1. The highest BCUT2D eigenvalue weighted by Gasteiger charge is 2.36. The molecular weight excluding hydrogens is 432 g/mol. The molecule has 8 heteroatoms. The lowest BCUT2D eigenvalue weighted by atomic mass is 10.1. The van der Waals surface area contributed by atoms with E-state index >= 15 is 0 Å². The van der Waals surface area contributed by atoms with Gasteiger partial charge in [0.25, 0.3) is 11.8 Å². The Hall–Kier alpha value is -4.07. The minimum atomic E-state index is -0.762. The molecule has 1 aromatic carbocycles. The van der Waals surface area contributed by atoms with E-state index in [0.29, 0.717) is 5.76 Å². The van der Waals surface area contributed by atoms with Crippen molar-refractivity contribution >= 4 is 29.6 Å². The summed E-state index contributed by atoms with van der Waals surface area (Å²) in [5, 5.41) is 2.25. The summed E-state index contributed by atoms with van der Waals surface area (Å²) in [7, 11) is 0. The van der Waals surface area contributed by atoms with Crippen molar-refractivity contribution in [3.63, 3.8) is 0 Å². The molecule has 1 aliphatic heterocycles. The van der Waals surface area contributed by atoms with Gasteiger partial charge in [0, 0.05) is 35.9 Å². The fraction of sp³-hybridized carbons (Fsp3) is 0.269. The molecule has 176 valence electrons. The minimum Gasteiger partial charge on any atom is -0.467 e. The molecule has 1 aliphatic rings. The number of aromatic nitrogens is 1. The van der Waals surface area contributed by atoms with Crippen LogP contribution < -0.4 is 10.2 Å². The molecule has 0 aliphatic carbocycles.